The number of hydrogen-bond acceptors (Lipinski definition) is 11. The molecule has 17 nitrogen and oxygen atoms in total. The number of nitrogens with zero attached hydrogens (tertiary/aromatic N) is 3. The molecule has 48 heavy (non-hydrogen) atoms. The fraction of sp³-hybridized carbons (Fsp3) is 0.467. The predicted molar refractivity (Wildman–Crippen MR) is 165 cm³/mol. The van der Waals surface area contributed by atoms with E-state index in [2.05, 4.69) is 16.0 Å². The molecule has 3 heterocycles. The second kappa shape index (κ2) is 15.7. The van der Waals surface area contributed by atoms with E-state index in [9.17, 15) is 42.9 Å². The van der Waals surface area contributed by atoms with E-state index in [1.165, 1.54) is 17.0 Å². The lowest BCUT2D eigenvalue weighted by molar-refractivity contribution is -0.154. The van der Waals surface area contributed by atoms with E-state index in [1.807, 2.05) is 6.92 Å². The Hall–Kier alpha value is -4.97. The zero-order valence-corrected chi connectivity index (χ0v) is 27.3. The summed E-state index contributed by atoms with van der Waals surface area (Å²) < 4.78 is 24.1. The molecule has 3 aliphatic heterocycles. The van der Waals surface area contributed by atoms with Crippen LogP contribution in [0.5, 0.6) is 0 Å². The molecule has 1 aromatic rings. The smallest absolute Gasteiger partial charge is 0.355 e. The van der Waals surface area contributed by atoms with Crippen LogP contribution in [0.25, 0.3) is 0 Å². The van der Waals surface area contributed by atoms with Crippen molar-refractivity contribution in [2.75, 3.05) is 32.0 Å². The molecule has 0 aromatic heterocycles. The highest BCUT2D eigenvalue weighted by Crippen LogP contribution is 2.38. The molecule has 1 aromatic carbocycles. The van der Waals surface area contributed by atoms with E-state index >= 15 is 0 Å². The Morgan fingerprint density at radius 2 is 1.77 bits per heavy atom. The maximum atomic E-state index is 13.9. The molecule has 5 atom stereocenters. The van der Waals surface area contributed by atoms with Gasteiger partial charge in [0.25, 0.3) is 5.91 Å². The van der Waals surface area contributed by atoms with Gasteiger partial charge in [0, 0.05) is 26.6 Å². The summed E-state index contributed by atoms with van der Waals surface area (Å²) in [7, 11) is 0. The van der Waals surface area contributed by atoms with Crippen molar-refractivity contribution in [1.82, 2.24) is 30.7 Å². The van der Waals surface area contributed by atoms with Crippen LogP contribution in [-0.2, 0) is 54.2 Å². The quantitative estimate of drug-likeness (QED) is 0.0424. The lowest BCUT2D eigenvalue weighted by atomic mass is 10.0. The molecular weight excluding hydrogens is 652 g/mol. The summed E-state index contributed by atoms with van der Waals surface area (Å²) in [6, 6.07) is 4.06. The number of carbonyl (C=O) groups excluding carboxylic acids is 8. The number of imide groups is 1. The van der Waals surface area contributed by atoms with Crippen LogP contribution in [0.15, 0.2) is 41.6 Å². The SMILES string of the molecule is CCCCOC(=O)C1=C(C(NC(=O)C(NC(=O)N2CCN(CC)C(=O)C2=O)c2ccccc2)OC(C)=O)C[S+]([O-])[C@@H]2[C@@H](NC=O)C(=O)N12. The van der Waals surface area contributed by atoms with Crippen molar-refractivity contribution < 1.29 is 52.4 Å². The van der Waals surface area contributed by atoms with Crippen molar-refractivity contribution in [3.8, 4) is 0 Å². The lowest BCUT2D eigenvalue weighted by Gasteiger charge is -2.49. The predicted octanol–water partition coefficient (Wildman–Crippen LogP) is -1.22. The van der Waals surface area contributed by atoms with Gasteiger partial charge in [-0.3, -0.25) is 38.6 Å². The molecule has 0 bridgehead atoms. The fourth-order valence-electron chi connectivity index (χ4n) is 5.35. The van der Waals surface area contributed by atoms with Crippen LogP contribution < -0.4 is 16.0 Å². The van der Waals surface area contributed by atoms with Gasteiger partial charge in [0.15, 0.2) is 6.04 Å². The molecule has 7 amide bonds. The minimum absolute atomic E-state index is 0.0294. The summed E-state index contributed by atoms with van der Waals surface area (Å²) >= 11 is -1.95. The van der Waals surface area contributed by atoms with Crippen LogP contribution in [0.4, 0.5) is 4.79 Å². The first-order chi connectivity index (χ1) is 22.9. The van der Waals surface area contributed by atoms with Crippen molar-refractivity contribution in [1.29, 1.82) is 0 Å². The monoisotopic (exact) mass is 688 g/mol. The number of urea groups is 1. The Balaban J connectivity index is 1.69. The van der Waals surface area contributed by atoms with Crippen LogP contribution in [-0.4, -0.2) is 117 Å². The van der Waals surface area contributed by atoms with E-state index in [-0.39, 0.29) is 43.8 Å². The first-order valence-electron chi connectivity index (χ1n) is 15.2. The number of β-lactam (4-membered cyclic amide) rings is 1. The molecule has 2 fully saturated rings. The third kappa shape index (κ3) is 7.44. The number of likely N-dealkylation sites (N-methyl/N-ethyl adjacent to an activating group) is 1. The van der Waals surface area contributed by atoms with Gasteiger partial charge in [-0.05, 0) is 30.1 Å². The van der Waals surface area contributed by atoms with Gasteiger partial charge in [0.1, 0.15) is 17.5 Å². The highest BCUT2D eigenvalue weighted by molar-refractivity contribution is 7.92. The van der Waals surface area contributed by atoms with Crippen LogP contribution in [0.2, 0.25) is 0 Å². The van der Waals surface area contributed by atoms with Gasteiger partial charge < -0.3 is 34.9 Å². The molecule has 4 rings (SSSR count). The summed E-state index contributed by atoms with van der Waals surface area (Å²) in [6.07, 6.45) is -0.356. The zero-order valence-electron chi connectivity index (χ0n) is 26.5. The zero-order chi connectivity index (χ0) is 35.1. The number of ether oxygens (including phenoxy) is 2. The summed E-state index contributed by atoms with van der Waals surface area (Å²) in [5, 5.41) is 6.07. The molecule has 3 N–H and O–H groups in total. The topological polar surface area (TPSA) is 224 Å². The number of esters is 2. The third-order valence-corrected chi connectivity index (χ3v) is 9.42. The lowest BCUT2D eigenvalue weighted by Crippen LogP contribution is -2.74. The van der Waals surface area contributed by atoms with Gasteiger partial charge in [-0.1, -0.05) is 43.7 Å². The van der Waals surface area contributed by atoms with Crippen LogP contribution in [0, 0.1) is 0 Å². The number of nitrogens with one attached hydrogen (secondary N) is 3. The normalized spacial score (nSPS) is 21.8. The van der Waals surface area contributed by atoms with E-state index in [1.54, 1.807) is 25.1 Å². The number of benzene rings is 1. The highest BCUT2D eigenvalue weighted by Gasteiger charge is 2.61. The van der Waals surface area contributed by atoms with E-state index in [4.69, 9.17) is 9.47 Å². The summed E-state index contributed by atoms with van der Waals surface area (Å²) in [6.45, 7) is 4.76. The summed E-state index contributed by atoms with van der Waals surface area (Å²) in [5.74, 6) is -6.12. The first-order valence-corrected chi connectivity index (χ1v) is 16.6. The fourth-order valence-corrected chi connectivity index (χ4v) is 7.06. The Morgan fingerprint density at radius 1 is 1.06 bits per heavy atom. The number of unbranched alkanes of at least 4 members (excludes halogenated alkanes) is 1. The van der Waals surface area contributed by atoms with Crippen LogP contribution in [0.3, 0.4) is 0 Å². The molecule has 0 saturated carbocycles. The Bertz CT molecular complexity index is 1500. The number of rotatable bonds is 13. The third-order valence-electron chi connectivity index (χ3n) is 7.80. The molecule has 258 valence electrons. The molecule has 0 aliphatic carbocycles. The Morgan fingerprint density at radius 3 is 2.40 bits per heavy atom. The van der Waals surface area contributed by atoms with Gasteiger partial charge in [-0.25, -0.2) is 9.59 Å². The molecule has 0 radical (unpaired) electrons. The number of fused-ring (bicyclic) bond motifs is 1. The van der Waals surface area contributed by atoms with E-state index in [0.717, 1.165) is 11.8 Å². The number of hydrogen-bond donors (Lipinski definition) is 3. The number of amides is 7. The average Bonchev–Trinajstić information content (AvgIpc) is 3.06. The van der Waals surface area contributed by atoms with Gasteiger partial charge in [-0.2, -0.15) is 0 Å². The van der Waals surface area contributed by atoms with Crippen molar-refractivity contribution in [2.45, 2.75) is 57.3 Å². The van der Waals surface area contributed by atoms with Gasteiger partial charge in [0.2, 0.25) is 23.9 Å². The average molecular weight is 689 g/mol. The Labute approximate surface area is 278 Å². The molecule has 3 aliphatic rings. The maximum Gasteiger partial charge on any atom is 0.355 e. The second-order valence-electron chi connectivity index (χ2n) is 10.9. The largest absolute Gasteiger partial charge is 0.614 e. The van der Waals surface area contributed by atoms with Crippen molar-refractivity contribution in [2.24, 2.45) is 0 Å². The molecule has 18 heteroatoms. The van der Waals surface area contributed by atoms with Crippen molar-refractivity contribution in [3.05, 3.63) is 47.2 Å². The summed E-state index contributed by atoms with van der Waals surface area (Å²) in [5.41, 5.74) is -0.395. The van der Waals surface area contributed by atoms with Crippen molar-refractivity contribution >= 4 is 59.2 Å². The molecule has 0 spiro atoms. The molecule has 3 unspecified atom stereocenters. The molecular formula is C30H36N6O11S. The van der Waals surface area contributed by atoms with E-state index in [0.29, 0.717) is 17.7 Å². The minimum Gasteiger partial charge on any atom is -0.614 e. The van der Waals surface area contributed by atoms with Crippen molar-refractivity contribution in [3.63, 3.8) is 0 Å². The van der Waals surface area contributed by atoms with Crippen LogP contribution in [0.1, 0.15) is 45.2 Å². The highest BCUT2D eigenvalue weighted by atomic mass is 32.2. The van der Waals surface area contributed by atoms with Gasteiger partial charge >= 0.3 is 29.8 Å². The second-order valence-corrected chi connectivity index (χ2v) is 12.4. The van der Waals surface area contributed by atoms with Gasteiger partial charge in [-0.15, -0.1) is 0 Å². The number of carbonyl (C=O) groups is 8. The minimum atomic E-state index is -1.95. The maximum absolute atomic E-state index is 13.9. The van der Waals surface area contributed by atoms with E-state index < -0.39 is 87.9 Å². The Kier molecular flexibility index (Phi) is 11.8. The first kappa shape index (κ1) is 35.9. The summed E-state index contributed by atoms with van der Waals surface area (Å²) in [4.78, 5) is 105. The standard InChI is InChI=1S/C30H36N6O11S/c1-4-6-14-46-29(43)22-19(15-48(45)28-21(31-16-37)25(40)36(22)28)24(47-17(3)38)33-23(39)20(18-10-8-7-9-11-18)32-30(44)35-13-12-34(5-2)26(41)27(35)42/h7-11,16,20-21,24,28H,4-6,12-15H2,1-3H3,(H,31,37)(H,32,44)(H,33,39)/t20?,21-,24?,28+,48?/m0/s1. The van der Waals surface area contributed by atoms with Gasteiger partial charge in [0.05, 0.1) is 12.2 Å². The molecule has 2 saturated heterocycles. The van der Waals surface area contributed by atoms with Crippen LogP contribution >= 0.6 is 0 Å². The number of piperazine rings is 1.